The van der Waals surface area contributed by atoms with Gasteiger partial charge in [-0.25, -0.2) is 13.2 Å². The third-order valence-electron chi connectivity index (χ3n) is 1.63. The van der Waals surface area contributed by atoms with Crippen LogP contribution >= 0.6 is 0 Å². The molecule has 0 spiro atoms. The summed E-state index contributed by atoms with van der Waals surface area (Å²) in [6, 6.07) is 0.421. The minimum Gasteiger partial charge on any atom is -0.485 e. The van der Waals surface area contributed by atoms with E-state index in [9.17, 15) is 18.0 Å². The molecule has 0 N–H and O–H groups in total. The number of rotatable bonds is 3. The van der Waals surface area contributed by atoms with Gasteiger partial charge in [0.25, 0.3) is 0 Å². The highest BCUT2D eigenvalue weighted by Crippen LogP contribution is 2.26. The zero-order valence-electron chi connectivity index (χ0n) is 8.18. The van der Waals surface area contributed by atoms with Crippen LogP contribution in [0.4, 0.5) is 13.2 Å². The van der Waals surface area contributed by atoms with Crippen LogP contribution < -0.4 is 4.74 Å². The van der Waals surface area contributed by atoms with E-state index < -0.39 is 34.9 Å². The van der Waals surface area contributed by atoms with Crippen LogP contribution in [-0.4, -0.2) is 12.4 Å². The highest BCUT2D eigenvalue weighted by molar-refractivity contribution is 5.76. The van der Waals surface area contributed by atoms with Gasteiger partial charge in [-0.2, -0.15) is 0 Å². The van der Waals surface area contributed by atoms with Gasteiger partial charge in [-0.05, 0) is 13.8 Å². The Bertz CT molecular complexity index is 389. The third-order valence-corrected chi connectivity index (χ3v) is 1.63. The monoisotopic (exact) mass is 218 g/mol. The van der Waals surface area contributed by atoms with Gasteiger partial charge in [0, 0.05) is 6.07 Å². The van der Waals surface area contributed by atoms with E-state index in [0.717, 1.165) is 0 Å². The van der Waals surface area contributed by atoms with Crippen LogP contribution in [0.2, 0.25) is 0 Å². The van der Waals surface area contributed by atoms with Crippen LogP contribution in [0.1, 0.15) is 24.2 Å². The SMILES string of the molecule is CC(C)Oc1c(F)cc(F)c(C=O)c1F. The predicted octanol–water partition coefficient (Wildman–Crippen LogP) is 2.70. The Kier molecular flexibility index (Phi) is 3.34. The summed E-state index contributed by atoms with van der Waals surface area (Å²) in [6.07, 6.45) is -0.490. The third kappa shape index (κ3) is 2.29. The first kappa shape index (κ1) is 11.6. The molecule has 5 heteroatoms. The quantitative estimate of drug-likeness (QED) is 0.729. The fourth-order valence-corrected chi connectivity index (χ4v) is 1.04. The minimum absolute atomic E-state index is 0.0166. The predicted molar refractivity (Wildman–Crippen MR) is 47.5 cm³/mol. The van der Waals surface area contributed by atoms with E-state index in [-0.39, 0.29) is 6.29 Å². The molecular weight excluding hydrogens is 209 g/mol. The van der Waals surface area contributed by atoms with E-state index in [1.165, 1.54) is 0 Å². The summed E-state index contributed by atoms with van der Waals surface area (Å²) < 4.78 is 44.0. The van der Waals surface area contributed by atoms with Crippen molar-refractivity contribution in [3.8, 4) is 5.75 Å². The molecule has 0 radical (unpaired) electrons. The van der Waals surface area contributed by atoms with Gasteiger partial charge < -0.3 is 4.74 Å². The van der Waals surface area contributed by atoms with Crippen molar-refractivity contribution in [3.63, 3.8) is 0 Å². The molecule has 1 aromatic carbocycles. The fourth-order valence-electron chi connectivity index (χ4n) is 1.04. The first-order valence-corrected chi connectivity index (χ1v) is 4.26. The first-order valence-electron chi connectivity index (χ1n) is 4.26. The van der Waals surface area contributed by atoms with E-state index in [4.69, 9.17) is 4.74 Å². The van der Waals surface area contributed by atoms with Crippen LogP contribution in [0.25, 0.3) is 0 Å². The molecule has 0 saturated carbocycles. The fraction of sp³-hybridized carbons (Fsp3) is 0.300. The summed E-state index contributed by atoms with van der Waals surface area (Å²) in [6.45, 7) is 3.12. The van der Waals surface area contributed by atoms with E-state index in [2.05, 4.69) is 0 Å². The van der Waals surface area contributed by atoms with Crippen LogP contribution in [0, 0.1) is 17.5 Å². The van der Waals surface area contributed by atoms with Crippen molar-refractivity contribution in [2.24, 2.45) is 0 Å². The largest absolute Gasteiger partial charge is 0.485 e. The lowest BCUT2D eigenvalue weighted by Crippen LogP contribution is -2.10. The average molecular weight is 218 g/mol. The molecule has 1 aromatic rings. The number of ether oxygens (including phenoxy) is 1. The van der Waals surface area contributed by atoms with E-state index in [1.54, 1.807) is 13.8 Å². The molecule has 0 aromatic heterocycles. The molecule has 0 heterocycles. The number of hydrogen-bond donors (Lipinski definition) is 0. The highest BCUT2D eigenvalue weighted by Gasteiger charge is 2.20. The average Bonchev–Trinajstić information content (AvgIpc) is 2.12. The van der Waals surface area contributed by atoms with Crippen LogP contribution in [0.5, 0.6) is 5.75 Å². The summed E-state index contributed by atoms with van der Waals surface area (Å²) in [4.78, 5) is 10.3. The van der Waals surface area contributed by atoms with Crippen molar-refractivity contribution in [1.29, 1.82) is 0 Å². The number of carbonyl (C=O) groups excluding carboxylic acids is 1. The molecule has 0 atom stereocenters. The number of carbonyl (C=O) groups is 1. The maximum absolute atomic E-state index is 13.3. The van der Waals surface area contributed by atoms with Crippen molar-refractivity contribution in [2.75, 3.05) is 0 Å². The van der Waals surface area contributed by atoms with E-state index in [1.807, 2.05) is 0 Å². The van der Waals surface area contributed by atoms with Gasteiger partial charge in [0.15, 0.2) is 23.7 Å². The number of halogens is 3. The number of aldehydes is 1. The summed E-state index contributed by atoms with van der Waals surface area (Å²) in [5.41, 5.74) is -0.827. The van der Waals surface area contributed by atoms with Gasteiger partial charge in [-0.3, -0.25) is 4.79 Å². The Morgan fingerprint density at radius 3 is 2.33 bits per heavy atom. The van der Waals surface area contributed by atoms with E-state index in [0.29, 0.717) is 6.07 Å². The lowest BCUT2D eigenvalue weighted by molar-refractivity contribution is 0.111. The Morgan fingerprint density at radius 2 is 1.87 bits per heavy atom. The molecule has 0 unspecified atom stereocenters. The van der Waals surface area contributed by atoms with E-state index >= 15 is 0 Å². The number of hydrogen-bond acceptors (Lipinski definition) is 2. The molecule has 0 amide bonds. The van der Waals surface area contributed by atoms with Gasteiger partial charge in [0.2, 0.25) is 0 Å². The summed E-state index contributed by atoms with van der Waals surface area (Å²) in [7, 11) is 0. The lowest BCUT2D eigenvalue weighted by atomic mass is 10.2. The maximum Gasteiger partial charge on any atom is 0.192 e. The smallest absolute Gasteiger partial charge is 0.192 e. The van der Waals surface area contributed by atoms with Crippen molar-refractivity contribution in [2.45, 2.75) is 20.0 Å². The molecule has 0 bridgehead atoms. The van der Waals surface area contributed by atoms with Crippen molar-refractivity contribution < 1.29 is 22.7 Å². The topological polar surface area (TPSA) is 26.3 Å². The zero-order chi connectivity index (χ0) is 11.6. The zero-order valence-corrected chi connectivity index (χ0v) is 8.18. The van der Waals surface area contributed by atoms with Gasteiger partial charge in [-0.15, -0.1) is 0 Å². The Balaban J connectivity index is 3.32. The highest BCUT2D eigenvalue weighted by atomic mass is 19.1. The first-order chi connectivity index (χ1) is 6.97. The second-order valence-corrected chi connectivity index (χ2v) is 3.18. The summed E-state index contributed by atoms with van der Waals surface area (Å²) in [5.74, 6) is -4.44. The van der Waals surface area contributed by atoms with Crippen LogP contribution in [0.3, 0.4) is 0 Å². The van der Waals surface area contributed by atoms with Gasteiger partial charge >= 0.3 is 0 Å². The normalized spacial score (nSPS) is 10.5. The van der Waals surface area contributed by atoms with Crippen LogP contribution in [0.15, 0.2) is 6.07 Å². The molecule has 1 rings (SSSR count). The minimum atomic E-state index is -1.31. The Hall–Kier alpha value is -1.52. The molecule has 0 fully saturated rings. The number of benzene rings is 1. The van der Waals surface area contributed by atoms with Gasteiger partial charge in [-0.1, -0.05) is 0 Å². The second kappa shape index (κ2) is 4.33. The maximum atomic E-state index is 13.3. The van der Waals surface area contributed by atoms with Gasteiger partial charge in [0.05, 0.1) is 11.7 Å². The molecule has 0 saturated heterocycles. The molecular formula is C10H9F3O2. The van der Waals surface area contributed by atoms with Crippen molar-refractivity contribution >= 4 is 6.29 Å². The molecule has 2 nitrogen and oxygen atoms in total. The summed E-state index contributed by atoms with van der Waals surface area (Å²) in [5, 5.41) is 0. The molecule has 0 aliphatic rings. The molecule has 0 aliphatic carbocycles. The molecule has 82 valence electrons. The van der Waals surface area contributed by atoms with Crippen molar-refractivity contribution in [1.82, 2.24) is 0 Å². The standard InChI is InChI=1S/C10H9F3O2/c1-5(2)15-10-8(12)3-7(11)6(4-14)9(10)13/h3-5H,1-2H3. The van der Waals surface area contributed by atoms with Crippen molar-refractivity contribution in [3.05, 3.63) is 29.1 Å². The Morgan fingerprint density at radius 1 is 1.27 bits per heavy atom. The Labute approximate surface area is 84.7 Å². The van der Waals surface area contributed by atoms with Gasteiger partial charge in [0.1, 0.15) is 5.82 Å². The summed E-state index contributed by atoms with van der Waals surface area (Å²) >= 11 is 0. The molecule has 0 aliphatic heterocycles. The lowest BCUT2D eigenvalue weighted by Gasteiger charge is -2.12. The molecule has 15 heavy (non-hydrogen) atoms. The second-order valence-electron chi connectivity index (χ2n) is 3.18. The van der Waals surface area contributed by atoms with Crippen LogP contribution in [-0.2, 0) is 0 Å².